The van der Waals surface area contributed by atoms with Gasteiger partial charge in [-0.1, -0.05) is 70.6 Å². The second-order valence-electron chi connectivity index (χ2n) is 5.32. The van der Waals surface area contributed by atoms with Gasteiger partial charge in [0.15, 0.2) is 0 Å². The fourth-order valence-electron chi connectivity index (χ4n) is 2.81. The van der Waals surface area contributed by atoms with Crippen molar-refractivity contribution >= 4 is 0 Å². The summed E-state index contributed by atoms with van der Waals surface area (Å²) >= 11 is 0. The maximum Gasteiger partial charge on any atom is 0.0621 e. The molecule has 0 atom stereocenters. The van der Waals surface area contributed by atoms with Crippen molar-refractivity contribution < 1.29 is 0 Å². The average Bonchev–Trinajstić information content (AvgIpc) is 2.28. The lowest BCUT2D eigenvalue weighted by Gasteiger charge is -2.16. The highest BCUT2D eigenvalue weighted by atomic mass is 14.2. The van der Waals surface area contributed by atoms with Crippen molar-refractivity contribution in [2.45, 2.75) is 83.5 Å². The zero-order valence-corrected chi connectivity index (χ0v) is 10.7. The molecule has 0 radical (unpaired) electrons. The maximum atomic E-state index is 8.66. The SMILES string of the molecule is N#CCCC1CCCCCCCCCCC1. The van der Waals surface area contributed by atoms with E-state index in [-0.39, 0.29) is 0 Å². The Hall–Kier alpha value is -0.510. The van der Waals surface area contributed by atoms with Gasteiger partial charge >= 0.3 is 0 Å². The largest absolute Gasteiger partial charge is 0.198 e. The van der Waals surface area contributed by atoms with Crippen LogP contribution in [-0.4, -0.2) is 0 Å². The normalized spacial score (nSPS) is 21.7. The van der Waals surface area contributed by atoms with Crippen LogP contribution in [0, 0.1) is 17.2 Å². The van der Waals surface area contributed by atoms with Crippen molar-refractivity contribution in [3.63, 3.8) is 0 Å². The van der Waals surface area contributed by atoms with Crippen LogP contribution in [-0.2, 0) is 0 Å². The molecular formula is C15H27N. The van der Waals surface area contributed by atoms with Crippen LogP contribution < -0.4 is 0 Å². The highest BCUT2D eigenvalue weighted by Crippen LogP contribution is 2.24. The summed E-state index contributed by atoms with van der Waals surface area (Å²) in [5, 5.41) is 8.66. The van der Waals surface area contributed by atoms with Crippen LogP contribution in [0.3, 0.4) is 0 Å². The minimum atomic E-state index is 0.769. The molecule has 0 bridgehead atoms. The molecule has 1 saturated carbocycles. The Morgan fingerprint density at radius 2 is 1.19 bits per heavy atom. The zero-order chi connectivity index (χ0) is 11.5. The van der Waals surface area contributed by atoms with E-state index in [0.717, 1.165) is 18.8 Å². The second kappa shape index (κ2) is 9.70. The summed E-state index contributed by atoms with van der Waals surface area (Å²) in [6, 6.07) is 2.30. The van der Waals surface area contributed by atoms with Gasteiger partial charge in [-0.2, -0.15) is 5.26 Å². The van der Waals surface area contributed by atoms with Gasteiger partial charge in [-0.05, 0) is 12.3 Å². The van der Waals surface area contributed by atoms with Crippen molar-refractivity contribution in [3.8, 4) is 6.07 Å². The number of nitriles is 1. The third kappa shape index (κ3) is 6.88. The first kappa shape index (κ1) is 13.6. The smallest absolute Gasteiger partial charge is 0.0621 e. The van der Waals surface area contributed by atoms with Gasteiger partial charge in [-0.3, -0.25) is 0 Å². The molecular weight excluding hydrogens is 194 g/mol. The fourth-order valence-corrected chi connectivity index (χ4v) is 2.81. The predicted octanol–water partition coefficient (Wildman–Crippen LogP) is 5.21. The first-order chi connectivity index (χ1) is 7.93. The molecule has 1 fully saturated rings. The predicted molar refractivity (Wildman–Crippen MR) is 69.1 cm³/mol. The van der Waals surface area contributed by atoms with Crippen molar-refractivity contribution in [3.05, 3.63) is 0 Å². The van der Waals surface area contributed by atoms with E-state index in [9.17, 15) is 0 Å². The molecule has 0 aliphatic heterocycles. The van der Waals surface area contributed by atoms with Crippen LogP contribution in [0.4, 0.5) is 0 Å². The van der Waals surface area contributed by atoms with E-state index in [1.54, 1.807) is 0 Å². The molecule has 1 rings (SSSR count). The summed E-state index contributed by atoms with van der Waals surface area (Å²) in [5.41, 5.74) is 0. The highest BCUT2D eigenvalue weighted by Gasteiger charge is 2.08. The molecule has 0 spiro atoms. The molecule has 0 aromatic rings. The van der Waals surface area contributed by atoms with Gasteiger partial charge in [0.25, 0.3) is 0 Å². The Kier molecular flexibility index (Phi) is 8.22. The monoisotopic (exact) mass is 221 g/mol. The van der Waals surface area contributed by atoms with Crippen molar-refractivity contribution in [2.75, 3.05) is 0 Å². The number of nitrogens with zero attached hydrogens (tertiary/aromatic N) is 1. The summed E-state index contributed by atoms with van der Waals surface area (Å²) in [7, 11) is 0. The van der Waals surface area contributed by atoms with Crippen LogP contribution in [0.2, 0.25) is 0 Å². The zero-order valence-electron chi connectivity index (χ0n) is 10.7. The summed E-state index contributed by atoms with van der Waals surface area (Å²) in [4.78, 5) is 0. The van der Waals surface area contributed by atoms with Gasteiger partial charge < -0.3 is 0 Å². The fraction of sp³-hybridized carbons (Fsp3) is 0.933. The van der Waals surface area contributed by atoms with Gasteiger partial charge in [0, 0.05) is 6.42 Å². The second-order valence-corrected chi connectivity index (χ2v) is 5.32. The van der Waals surface area contributed by atoms with E-state index >= 15 is 0 Å². The van der Waals surface area contributed by atoms with Gasteiger partial charge in [0.2, 0.25) is 0 Å². The van der Waals surface area contributed by atoms with E-state index in [2.05, 4.69) is 6.07 Å². The lowest BCUT2D eigenvalue weighted by Crippen LogP contribution is -2.01. The average molecular weight is 221 g/mol. The van der Waals surface area contributed by atoms with Crippen molar-refractivity contribution in [1.29, 1.82) is 5.26 Å². The van der Waals surface area contributed by atoms with E-state index in [1.165, 1.54) is 70.6 Å². The van der Waals surface area contributed by atoms with Crippen molar-refractivity contribution in [1.82, 2.24) is 0 Å². The molecule has 0 aromatic carbocycles. The van der Waals surface area contributed by atoms with Gasteiger partial charge in [0.1, 0.15) is 0 Å². The number of hydrogen-bond donors (Lipinski definition) is 0. The molecule has 1 aliphatic rings. The van der Waals surface area contributed by atoms with E-state index in [0.29, 0.717) is 0 Å². The first-order valence-corrected chi connectivity index (χ1v) is 7.30. The summed E-state index contributed by atoms with van der Waals surface area (Å²) < 4.78 is 0. The Morgan fingerprint density at radius 1 is 0.750 bits per heavy atom. The molecule has 1 nitrogen and oxygen atoms in total. The Morgan fingerprint density at radius 3 is 1.62 bits per heavy atom. The Labute approximate surface area is 101 Å². The van der Waals surface area contributed by atoms with Gasteiger partial charge in [-0.25, -0.2) is 0 Å². The summed E-state index contributed by atoms with van der Waals surface area (Å²) in [6.07, 6.45) is 17.5. The lowest BCUT2D eigenvalue weighted by molar-refractivity contribution is 0.377. The van der Waals surface area contributed by atoms with Crippen LogP contribution in [0.1, 0.15) is 83.5 Å². The topological polar surface area (TPSA) is 23.8 Å². The molecule has 0 amide bonds. The lowest BCUT2D eigenvalue weighted by atomic mass is 9.90. The van der Waals surface area contributed by atoms with Crippen LogP contribution >= 0.6 is 0 Å². The van der Waals surface area contributed by atoms with E-state index < -0.39 is 0 Å². The standard InChI is InChI=1S/C15H27N/c16-14-10-13-15-11-8-6-4-2-1-3-5-7-9-12-15/h15H,1-13H2. The molecule has 92 valence electrons. The van der Waals surface area contributed by atoms with Crippen LogP contribution in [0.5, 0.6) is 0 Å². The first-order valence-electron chi connectivity index (χ1n) is 7.30. The molecule has 0 unspecified atom stereocenters. The molecule has 1 heteroatoms. The van der Waals surface area contributed by atoms with Crippen LogP contribution in [0.15, 0.2) is 0 Å². The number of hydrogen-bond acceptors (Lipinski definition) is 1. The van der Waals surface area contributed by atoms with Gasteiger partial charge in [-0.15, -0.1) is 0 Å². The molecule has 0 heterocycles. The van der Waals surface area contributed by atoms with E-state index in [4.69, 9.17) is 5.26 Å². The Balaban J connectivity index is 2.22. The Bertz CT molecular complexity index is 180. The molecule has 1 aliphatic carbocycles. The summed E-state index contributed by atoms with van der Waals surface area (Å²) in [6.45, 7) is 0. The van der Waals surface area contributed by atoms with Crippen molar-refractivity contribution in [2.24, 2.45) is 5.92 Å². The third-order valence-electron chi connectivity index (χ3n) is 3.89. The molecule has 0 aromatic heterocycles. The number of rotatable bonds is 2. The summed E-state index contributed by atoms with van der Waals surface area (Å²) in [5.74, 6) is 0.846. The molecule has 16 heavy (non-hydrogen) atoms. The molecule has 0 saturated heterocycles. The minimum absolute atomic E-state index is 0.769. The van der Waals surface area contributed by atoms with Crippen LogP contribution in [0.25, 0.3) is 0 Å². The third-order valence-corrected chi connectivity index (χ3v) is 3.89. The maximum absolute atomic E-state index is 8.66. The quantitative estimate of drug-likeness (QED) is 0.628. The molecule has 0 N–H and O–H groups in total. The minimum Gasteiger partial charge on any atom is -0.198 e. The van der Waals surface area contributed by atoms with E-state index in [1.807, 2.05) is 0 Å². The van der Waals surface area contributed by atoms with Gasteiger partial charge in [0.05, 0.1) is 6.07 Å². The highest BCUT2D eigenvalue weighted by molar-refractivity contribution is 4.72.